The molecule has 0 saturated carbocycles. The van der Waals surface area contributed by atoms with Gasteiger partial charge in [-0.25, -0.2) is 15.0 Å². The predicted octanol–water partition coefficient (Wildman–Crippen LogP) is 11.9. The van der Waals surface area contributed by atoms with Crippen LogP contribution in [0.3, 0.4) is 0 Å². The second kappa shape index (κ2) is 11.0. The maximum atomic E-state index is 6.51. The summed E-state index contributed by atoms with van der Waals surface area (Å²) in [6.45, 7) is 0. The summed E-state index contributed by atoms with van der Waals surface area (Å²) in [7, 11) is 0. The SMILES string of the molecule is c1ccc(-c2nc(-c3ccc4ccc5ccccc5c4c3)nc(-c3cc(-c4ccc5ccccc5c4)cc4oc5ccccc5c34)n2)cc1. The van der Waals surface area contributed by atoms with E-state index in [0.29, 0.717) is 17.5 Å². The highest BCUT2D eigenvalue weighted by Crippen LogP contribution is 2.40. The standard InChI is InChI=1S/C45H27N3O/c1-2-12-31(13-3-1)43-46-44(34-23-21-30-20-19-29-11-6-7-15-36(29)38(30)25-34)48-45(47-43)39-26-35(33-22-18-28-10-4-5-14-32(28)24-33)27-41-42(39)37-16-8-9-17-40(37)49-41/h1-27H. The molecule has 10 rings (SSSR count). The summed E-state index contributed by atoms with van der Waals surface area (Å²) in [5.41, 5.74) is 6.52. The highest BCUT2D eigenvalue weighted by Gasteiger charge is 2.20. The monoisotopic (exact) mass is 625 g/mol. The van der Waals surface area contributed by atoms with Gasteiger partial charge in [-0.3, -0.25) is 0 Å². The molecule has 0 radical (unpaired) electrons. The molecule has 0 amide bonds. The first-order valence-corrected chi connectivity index (χ1v) is 16.4. The van der Waals surface area contributed by atoms with Gasteiger partial charge in [-0.2, -0.15) is 0 Å². The van der Waals surface area contributed by atoms with Crippen LogP contribution in [0.4, 0.5) is 0 Å². The van der Waals surface area contributed by atoms with Gasteiger partial charge in [0.05, 0.1) is 0 Å². The lowest BCUT2D eigenvalue weighted by atomic mass is 9.96. The molecule has 49 heavy (non-hydrogen) atoms. The van der Waals surface area contributed by atoms with Crippen molar-refractivity contribution in [3.63, 3.8) is 0 Å². The van der Waals surface area contributed by atoms with Crippen LogP contribution in [0.5, 0.6) is 0 Å². The van der Waals surface area contributed by atoms with Crippen molar-refractivity contribution in [3.8, 4) is 45.3 Å². The first-order valence-electron chi connectivity index (χ1n) is 16.4. The topological polar surface area (TPSA) is 51.8 Å². The molecule has 0 aliphatic carbocycles. The average Bonchev–Trinajstić information content (AvgIpc) is 3.56. The fourth-order valence-corrected chi connectivity index (χ4v) is 7.05. The lowest BCUT2D eigenvalue weighted by Crippen LogP contribution is -2.00. The highest BCUT2D eigenvalue weighted by atomic mass is 16.3. The van der Waals surface area contributed by atoms with E-state index in [-0.39, 0.29) is 0 Å². The van der Waals surface area contributed by atoms with Gasteiger partial charge in [0, 0.05) is 27.5 Å². The van der Waals surface area contributed by atoms with Crippen LogP contribution in [-0.4, -0.2) is 15.0 Å². The Hall–Kier alpha value is -6.65. The molecule has 0 N–H and O–H groups in total. The molecule has 0 saturated heterocycles. The fourth-order valence-electron chi connectivity index (χ4n) is 7.05. The molecule has 2 aromatic heterocycles. The van der Waals surface area contributed by atoms with Gasteiger partial charge in [0.2, 0.25) is 0 Å². The molecule has 8 aromatic carbocycles. The third-order valence-electron chi connectivity index (χ3n) is 9.47. The van der Waals surface area contributed by atoms with Crippen molar-refractivity contribution in [3.05, 3.63) is 164 Å². The van der Waals surface area contributed by atoms with Gasteiger partial charge in [0.25, 0.3) is 0 Å². The Bertz CT molecular complexity index is 2890. The second-order valence-corrected chi connectivity index (χ2v) is 12.5. The highest BCUT2D eigenvalue weighted by molar-refractivity contribution is 6.13. The number of benzene rings is 8. The Morgan fingerprint density at radius 3 is 1.80 bits per heavy atom. The van der Waals surface area contributed by atoms with Crippen LogP contribution in [0.2, 0.25) is 0 Å². The molecule has 0 unspecified atom stereocenters. The zero-order valence-corrected chi connectivity index (χ0v) is 26.3. The van der Waals surface area contributed by atoms with Gasteiger partial charge >= 0.3 is 0 Å². The number of hydrogen-bond acceptors (Lipinski definition) is 4. The molecular formula is C45H27N3O. The van der Waals surface area contributed by atoms with E-state index in [2.05, 4.69) is 115 Å². The van der Waals surface area contributed by atoms with E-state index in [9.17, 15) is 0 Å². The van der Waals surface area contributed by atoms with E-state index in [1.54, 1.807) is 0 Å². The van der Waals surface area contributed by atoms with Gasteiger partial charge < -0.3 is 4.42 Å². The van der Waals surface area contributed by atoms with Gasteiger partial charge in [-0.1, -0.05) is 133 Å². The Kier molecular flexibility index (Phi) is 6.15. The summed E-state index contributed by atoms with van der Waals surface area (Å²) >= 11 is 0. The second-order valence-electron chi connectivity index (χ2n) is 12.5. The number of hydrogen-bond donors (Lipinski definition) is 0. The third-order valence-corrected chi connectivity index (χ3v) is 9.47. The molecule has 0 aliphatic rings. The smallest absolute Gasteiger partial charge is 0.164 e. The van der Waals surface area contributed by atoms with Gasteiger partial charge in [-0.15, -0.1) is 0 Å². The lowest BCUT2D eigenvalue weighted by Gasteiger charge is -2.12. The molecule has 0 aliphatic heterocycles. The van der Waals surface area contributed by atoms with Crippen LogP contribution in [0.25, 0.3) is 99.5 Å². The minimum absolute atomic E-state index is 0.598. The molecular weight excluding hydrogens is 599 g/mol. The Labute approximate surface area is 282 Å². The third kappa shape index (κ3) is 4.65. The van der Waals surface area contributed by atoms with Crippen molar-refractivity contribution in [2.45, 2.75) is 0 Å². The van der Waals surface area contributed by atoms with Crippen molar-refractivity contribution in [1.29, 1.82) is 0 Å². The molecule has 0 spiro atoms. The number of aromatic nitrogens is 3. The number of nitrogens with zero attached hydrogens (tertiary/aromatic N) is 3. The largest absolute Gasteiger partial charge is 0.456 e. The first kappa shape index (κ1) is 27.5. The number of para-hydroxylation sites is 1. The lowest BCUT2D eigenvalue weighted by molar-refractivity contribution is 0.669. The number of rotatable bonds is 4. The van der Waals surface area contributed by atoms with Crippen LogP contribution >= 0.6 is 0 Å². The quantitative estimate of drug-likeness (QED) is 0.183. The molecule has 0 bridgehead atoms. The van der Waals surface area contributed by atoms with Gasteiger partial charge in [-0.05, 0) is 73.8 Å². The van der Waals surface area contributed by atoms with Crippen LogP contribution in [0, 0.1) is 0 Å². The summed E-state index contributed by atoms with van der Waals surface area (Å²) in [6.07, 6.45) is 0. The zero-order valence-electron chi connectivity index (χ0n) is 26.3. The van der Waals surface area contributed by atoms with Crippen LogP contribution in [0.1, 0.15) is 0 Å². The molecule has 4 heteroatoms. The minimum Gasteiger partial charge on any atom is -0.456 e. The average molecular weight is 626 g/mol. The van der Waals surface area contributed by atoms with Gasteiger partial charge in [0.15, 0.2) is 17.5 Å². The van der Waals surface area contributed by atoms with E-state index < -0.39 is 0 Å². The fraction of sp³-hybridized carbons (Fsp3) is 0. The van der Waals surface area contributed by atoms with E-state index in [1.807, 2.05) is 48.5 Å². The Morgan fingerprint density at radius 1 is 0.327 bits per heavy atom. The summed E-state index contributed by atoms with van der Waals surface area (Å²) in [4.78, 5) is 15.5. The van der Waals surface area contributed by atoms with Crippen molar-refractivity contribution in [2.24, 2.45) is 0 Å². The van der Waals surface area contributed by atoms with Crippen LogP contribution in [-0.2, 0) is 0 Å². The van der Waals surface area contributed by atoms with Crippen molar-refractivity contribution in [1.82, 2.24) is 15.0 Å². The number of fused-ring (bicyclic) bond motifs is 7. The van der Waals surface area contributed by atoms with Crippen LogP contribution in [0.15, 0.2) is 168 Å². The van der Waals surface area contributed by atoms with Crippen molar-refractivity contribution < 1.29 is 4.42 Å². The molecule has 0 fully saturated rings. The van der Waals surface area contributed by atoms with Gasteiger partial charge in [0.1, 0.15) is 11.2 Å². The molecule has 0 atom stereocenters. The zero-order chi connectivity index (χ0) is 32.3. The molecule has 4 nitrogen and oxygen atoms in total. The first-order chi connectivity index (χ1) is 24.2. The number of furan rings is 1. The molecule has 228 valence electrons. The molecule has 2 heterocycles. The van der Waals surface area contributed by atoms with E-state index >= 15 is 0 Å². The summed E-state index contributed by atoms with van der Waals surface area (Å²) in [6, 6.07) is 57.0. The maximum absolute atomic E-state index is 6.51. The maximum Gasteiger partial charge on any atom is 0.164 e. The minimum atomic E-state index is 0.598. The normalized spacial score (nSPS) is 11.7. The van der Waals surface area contributed by atoms with Crippen LogP contribution < -0.4 is 0 Å². The predicted molar refractivity (Wildman–Crippen MR) is 201 cm³/mol. The van der Waals surface area contributed by atoms with E-state index in [0.717, 1.165) is 49.8 Å². The summed E-state index contributed by atoms with van der Waals surface area (Å²) in [5.74, 6) is 1.84. The summed E-state index contributed by atoms with van der Waals surface area (Å²) < 4.78 is 6.51. The van der Waals surface area contributed by atoms with E-state index in [1.165, 1.54) is 32.3 Å². The van der Waals surface area contributed by atoms with Crippen molar-refractivity contribution >= 4 is 54.3 Å². The Balaban J connectivity index is 1.25. The summed E-state index contributed by atoms with van der Waals surface area (Å²) in [5, 5.41) is 9.15. The molecule has 10 aromatic rings. The van der Waals surface area contributed by atoms with Crippen molar-refractivity contribution in [2.75, 3.05) is 0 Å². The van der Waals surface area contributed by atoms with E-state index in [4.69, 9.17) is 19.4 Å². The Morgan fingerprint density at radius 2 is 0.939 bits per heavy atom.